The third-order valence-corrected chi connectivity index (χ3v) is 11.5. The number of fused-ring (bicyclic) bond motifs is 5. The van der Waals surface area contributed by atoms with Crippen LogP contribution >= 0.6 is 0 Å². The quantitative estimate of drug-likeness (QED) is 0.232. The lowest BCUT2D eigenvalue weighted by Crippen LogP contribution is -2.68. The number of aliphatic hydroxyl groups is 2. The van der Waals surface area contributed by atoms with Crippen LogP contribution in [0.3, 0.4) is 0 Å². The summed E-state index contributed by atoms with van der Waals surface area (Å²) in [4.78, 5) is 36.7. The molecule has 232 valence electrons. The first-order valence-electron chi connectivity index (χ1n) is 15.7. The Kier molecular flexibility index (Phi) is 9.08. The van der Waals surface area contributed by atoms with Gasteiger partial charge in [0.1, 0.15) is 18.3 Å². The molecule has 8 nitrogen and oxygen atoms in total. The van der Waals surface area contributed by atoms with Gasteiger partial charge in [-0.15, -0.1) is 0 Å². The first kappa shape index (κ1) is 32.0. The van der Waals surface area contributed by atoms with Crippen molar-refractivity contribution in [3.8, 4) is 0 Å². The molecule has 41 heavy (non-hydrogen) atoms. The van der Waals surface area contributed by atoms with Crippen LogP contribution in [-0.2, 0) is 28.6 Å². The van der Waals surface area contributed by atoms with Crippen LogP contribution in [0.1, 0.15) is 107 Å². The molecule has 0 aromatic heterocycles. The minimum absolute atomic E-state index is 0.0835. The van der Waals surface area contributed by atoms with E-state index in [1.54, 1.807) is 0 Å². The van der Waals surface area contributed by atoms with Crippen LogP contribution in [0.25, 0.3) is 0 Å². The first-order valence-corrected chi connectivity index (χ1v) is 15.7. The van der Waals surface area contributed by atoms with E-state index in [4.69, 9.17) is 14.2 Å². The monoisotopic (exact) mass is 576 g/mol. The van der Waals surface area contributed by atoms with Crippen molar-refractivity contribution in [1.29, 1.82) is 0 Å². The van der Waals surface area contributed by atoms with Gasteiger partial charge < -0.3 is 24.4 Å². The minimum atomic E-state index is -1.19. The van der Waals surface area contributed by atoms with Crippen molar-refractivity contribution in [3.05, 3.63) is 11.6 Å². The highest BCUT2D eigenvalue weighted by molar-refractivity contribution is 5.68. The summed E-state index contributed by atoms with van der Waals surface area (Å²) >= 11 is 0. The van der Waals surface area contributed by atoms with Crippen LogP contribution in [0.2, 0.25) is 0 Å². The maximum atomic E-state index is 12.8. The summed E-state index contributed by atoms with van der Waals surface area (Å²) in [6.07, 6.45) is 5.21. The fourth-order valence-corrected chi connectivity index (χ4v) is 9.44. The van der Waals surface area contributed by atoms with Gasteiger partial charge in [-0.05, 0) is 92.1 Å². The van der Waals surface area contributed by atoms with Gasteiger partial charge in [0.2, 0.25) is 0 Å². The number of hydrogen-bond donors (Lipinski definition) is 2. The second-order valence-corrected chi connectivity index (χ2v) is 14.4. The van der Waals surface area contributed by atoms with Gasteiger partial charge in [-0.1, -0.05) is 34.6 Å². The lowest BCUT2D eigenvalue weighted by Gasteiger charge is -2.64. The lowest BCUT2D eigenvalue weighted by atomic mass is 9.44. The number of ether oxygens (including phenoxy) is 3. The number of carbonyl (C=O) groups excluding carboxylic acids is 3. The van der Waals surface area contributed by atoms with E-state index in [1.165, 1.54) is 20.8 Å². The van der Waals surface area contributed by atoms with Crippen LogP contribution in [0.5, 0.6) is 0 Å². The molecule has 3 fully saturated rings. The van der Waals surface area contributed by atoms with E-state index in [-0.39, 0.29) is 23.4 Å². The summed E-state index contributed by atoms with van der Waals surface area (Å²) in [5, 5.41) is 23.9. The zero-order chi connectivity index (χ0) is 30.5. The molecule has 4 aliphatic carbocycles. The largest absolute Gasteiger partial charge is 0.459 e. The Morgan fingerprint density at radius 1 is 0.902 bits per heavy atom. The Balaban J connectivity index is 1.75. The fourth-order valence-electron chi connectivity index (χ4n) is 9.44. The predicted octanol–water partition coefficient (Wildman–Crippen LogP) is 5.13. The first-order chi connectivity index (χ1) is 19.0. The summed E-state index contributed by atoms with van der Waals surface area (Å²) in [6.45, 7) is 14.9. The van der Waals surface area contributed by atoms with E-state index in [9.17, 15) is 24.6 Å². The van der Waals surface area contributed by atoms with E-state index in [0.29, 0.717) is 31.1 Å². The van der Waals surface area contributed by atoms with Crippen LogP contribution in [-0.4, -0.2) is 58.1 Å². The van der Waals surface area contributed by atoms with Gasteiger partial charge in [-0.25, -0.2) is 0 Å². The van der Waals surface area contributed by atoms with E-state index in [0.717, 1.165) is 37.7 Å². The van der Waals surface area contributed by atoms with Crippen molar-refractivity contribution in [3.63, 3.8) is 0 Å². The lowest BCUT2D eigenvalue weighted by molar-refractivity contribution is -0.231. The van der Waals surface area contributed by atoms with Gasteiger partial charge in [0.15, 0.2) is 0 Å². The summed E-state index contributed by atoms with van der Waals surface area (Å²) in [5.74, 6) is -0.952. The summed E-state index contributed by atoms with van der Waals surface area (Å²) in [5.41, 5.74) is -1.15. The Labute approximate surface area is 245 Å². The SMILES string of the molecule is CC(=O)OC1C=C2C3CCC(C(C)C(O)CCC(C)C)[C@@]3(C)CCC2(O)[C@@]2(C)CC[C@H](OC(C)=O)[C@H](OC(C)=O)C12. The standard InChI is InChI=1S/C33H52O8/c1-18(2)9-12-26(37)19(3)23-10-11-24-25-17-28(40-21(5)35)29-30(41-22(6)36)27(39-20(4)34)13-14-32(29,8)33(25,38)16-15-31(23,24)7/h17-19,23-24,26-30,37-38H,9-16H2,1-8H3/t19?,23?,24?,26?,27-,28?,29?,30-,31+,32-,33?/m0/s1. The maximum Gasteiger partial charge on any atom is 0.303 e. The zero-order valence-electron chi connectivity index (χ0n) is 26.3. The zero-order valence-corrected chi connectivity index (χ0v) is 26.3. The molecule has 4 rings (SSSR count). The Morgan fingerprint density at radius 2 is 1.54 bits per heavy atom. The molecule has 0 heterocycles. The number of hydrogen-bond acceptors (Lipinski definition) is 8. The van der Waals surface area contributed by atoms with Crippen molar-refractivity contribution >= 4 is 17.9 Å². The number of aliphatic hydroxyl groups excluding tert-OH is 1. The maximum absolute atomic E-state index is 12.8. The highest BCUT2D eigenvalue weighted by Crippen LogP contribution is 2.69. The van der Waals surface area contributed by atoms with Crippen molar-refractivity contribution in [2.45, 2.75) is 137 Å². The van der Waals surface area contributed by atoms with Crippen LogP contribution in [0, 0.1) is 40.4 Å². The highest BCUT2D eigenvalue weighted by atomic mass is 16.6. The molecule has 0 aromatic carbocycles. The van der Waals surface area contributed by atoms with Gasteiger partial charge in [0.05, 0.1) is 11.7 Å². The summed E-state index contributed by atoms with van der Waals surface area (Å²) in [7, 11) is 0. The second kappa shape index (κ2) is 11.6. The van der Waals surface area contributed by atoms with E-state index >= 15 is 0 Å². The molecule has 3 saturated carbocycles. The molecule has 0 spiro atoms. The van der Waals surface area contributed by atoms with Gasteiger partial charge in [0, 0.05) is 32.1 Å². The molecule has 0 bridgehead atoms. The van der Waals surface area contributed by atoms with Gasteiger partial charge in [0.25, 0.3) is 0 Å². The summed E-state index contributed by atoms with van der Waals surface area (Å²) in [6, 6.07) is 0. The molecular formula is C33H52O8. The molecule has 4 aliphatic rings. The van der Waals surface area contributed by atoms with Gasteiger partial charge in [-0.3, -0.25) is 14.4 Å². The molecule has 7 unspecified atom stereocenters. The molecule has 0 saturated heterocycles. The minimum Gasteiger partial charge on any atom is -0.459 e. The Bertz CT molecular complexity index is 1050. The third-order valence-electron chi connectivity index (χ3n) is 11.5. The Morgan fingerprint density at radius 3 is 2.12 bits per heavy atom. The van der Waals surface area contributed by atoms with Gasteiger partial charge in [-0.2, -0.15) is 0 Å². The van der Waals surface area contributed by atoms with Crippen LogP contribution in [0.15, 0.2) is 11.6 Å². The molecule has 2 N–H and O–H groups in total. The fraction of sp³-hybridized carbons (Fsp3) is 0.848. The van der Waals surface area contributed by atoms with Crippen molar-refractivity contribution < 1.29 is 38.8 Å². The number of esters is 3. The Hall–Kier alpha value is -1.93. The highest BCUT2D eigenvalue weighted by Gasteiger charge is 2.69. The summed E-state index contributed by atoms with van der Waals surface area (Å²) < 4.78 is 17.4. The van der Waals surface area contributed by atoms with Crippen molar-refractivity contribution in [2.75, 3.05) is 0 Å². The van der Waals surface area contributed by atoms with Crippen LogP contribution in [0.4, 0.5) is 0 Å². The normalized spacial score (nSPS) is 41.3. The van der Waals surface area contributed by atoms with Crippen molar-refractivity contribution in [1.82, 2.24) is 0 Å². The third kappa shape index (κ3) is 5.60. The second-order valence-electron chi connectivity index (χ2n) is 14.4. The number of rotatable bonds is 8. The molecule has 0 radical (unpaired) electrons. The molecule has 11 atom stereocenters. The van der Waals surface area contributed by atoms with E-state index < -0.39 is 53.2 Å². The predicted molar refractivity (Wildman–Crippen MR) is 153 cm³/mol. The van der Waals surface area contributed by atoms with E-state index in [1.807, 2.05) is 13.0 Å². The molecule has 0 aromatic rings. The smallest absolute Gasteiger partial charge is 0.303 e. The topological polar surface area (TPSA) is 119 Å². The molecular weight excluding hydrogens is 524 g/mol. The molecule has 8 heteroatoms. The average molecular weight is 577 g/mol. The van der Waals surface area contributed by atoms with Gasteiger partial charge >= 0.3 is 17.9 Å². The molecule has 0 aliphatic heterocycles. The number of carbonyl (C=O) groups is 3. The molecule has 0 amide bonds. The van der Waals surface area contributed by atoms with E-state index in [2.05, 4.69) is 27.7 Å². The van der Waals surface area contributed by atoms with Crippen LogP contribution < -0.4 is 0 Å². The van der Waals surface area contributed by atoms with Crippen molar-refractivity contribution in [2.24, 2.45) is 40.4 Å². The average Bonchev–Trinajstić information content (AvgIpc) is 3.21.